The van der Waals surface area contributed by atoms with Gasteiger partial charge in [-0.2, -0.15) is 5.10 Å². The maximum absolute atomic E-state index is 12.2. The highest BCUT2D eigenvalue weighted by atomic mass is 16.5. The SMILES string of the molecule is Cn1ccc(C(=O)Nc2cccc3c2COC3(C)C)n1. The highest BCUT2D eigenvalue weighted by Crippen LogP contribution is 2.39. The smallest absolute Gasteiger partial charge is 0.276 e. The molecule has 1 N–H and O–H groups in total. The molecule has 0 saturated carbocycles. The molecule has 0 saturated heterocycles. The summed E-state index contributed by atoms with van der Waals surface area (Å²) in [5.74, 6) is -0.205. The number of aromatic nitrogens is 2. The topological polar surface area (TPSA) is 56.2 Å². The third-order valence-corrected chi connectivity index (χ3v) is 3.60. The van der Waals surface area contributed by atoms with Gasteiger partial charge in [-0.3, -0.25) is 9.48 Å². The highest BCUT2D eigenvalue weighted by Gasteiger charge is 2.32. The minimum absolute atomic E-state index is 0.205. The van der Waals surface area contributed by atoms with Crippen molar-refractivity contribution in [1.82, 2.24) is 9.78 Å². The molecule has 104 valence electrons. The van der Waals surface area contributed by atoms with E-state index in [4.69, 9.17) is 4.74 Å². The van der Waals surface area contributed by atoms with Gasteiger partial charge in [0, 0.05) is 24.5 Å². The van der Waals surface area contributed by atoms with Gasteiger partial charge in [0.15, 0.2) is 5.69 Å². The van der Waals surface area contributed by atoms with Gasteiger partial charge in [0.2, 0.25) is 0 Å². The second kappa shape index (κ2) is 4.45. The predicted molar refractivity (Wildman–Crippen MR) is 75.4 cm³/mol. The van der Waals surface area contributed by atoms with Crippen LogP contribution in [0.3, 0.4) is 0 Å². The number of benzene rings is 1. The number of nitrogens with one attached hydrogen (secondary N) is 1. The van der Waals surface area contributed by atoms with E-state index in [1.807, 2.05) is 32.0 Å². The van der Waals surface area contributed by atoms with Crippen LogP contribution < -0.4 is 5.32 Å². The zero-order chi connectivity index (χ0) is 14.3. The molecular formula is C15H17N3O2. The van der Waals surface area contributed by atoms with Crippen LogP contribution in [0.2, 0.25) is 0 Å². The number of amides is 1. The number of ether oxygens (including phenoxy) is 1. The van der Waals surface area contributed by atoms with Gasteiger partial charge in [0.05, 0.1) is 12.2 Å². The molecule has 0 aliphatic carbocycles. The quantitative estimate of drug-likeness (QED) is 0.912. The maximum Gasteiger partial charge on any atom is 0.276 e. The standard InChI is InChI=1S/C15H17N3O2/c1-15(2)11-5-4-6-12(10(11)9-20-15)16-14(19)13-7-8-18(3)17-13/h4-8H,9H2,1-3H3,(H,16,19). The van der Waals surface area contributed by atoms with Gasteiger partial charge in [0.25, 0.3) is 5.91 Å². The molecule has 0 fully saturated rings. The number of hydrogen-bond donors (Lipinski definition) is 1. The molecule has 1 aliphatic heterocycles. The number of nitrogens with zero attached hydrogens (tertiary/aromatic N) is 2. The van der Waals surface area contributed by atoms with Crippen molar-refractivity contribution >= 4 is 11.6 Å². The van der Waals surface area contributed by atoms with E-state index in [9.17, 15) is 4.79 Å². The van der Waals surface area contributed by atoms with E-state index in [1.54, 1.807) is 24.0 Å². The van der Waals surface area contributed by atoms with Crippen molar-refractivity contribution in [2.45, 2.75) is 26.1 Å². The molecule has 5 heteroatoms. The third kappa shape index (κ3) is 2.10. The Morgan fingerprint density at radius 2 is 2.20 bits per heavy atom. The Bertz CT molecular complexity index is 674. The molecule has 0 radical (unpaired) electrons. The van der Waals surface area contributed by atoms with E-state index in [0.717, 1.165) is 16.8 Å². The van der Waals surface area contributed by atoms with E-state index < -0.39 is 0 Å². The number of carbonyl (C=O) groups is 1. The normalized spacial score (nSPS) is 15.9. The number of rotatable bonds is 2. The monoisotopic (exact) mass is 271 g/mol. The molecule has 0 atom stereocenters. The van der Waals surface area contributed by atoms with Crippen molar-refractivity contribution in [1.29, 1.82) is 0 Å². The van der Waals surface area contributed by atoms with E-state index >= 15 is 0 Å². The fourth-order valence-electron chi connectivity index (χ4n) is 2.48. The zero-order valence-corrected chi connectivity index (χ0v) is 11.8. The minimum Gasteiger partial charge on any atom is -0.366 e. The lowest BCUT2D eigenvalue weighted by Gasteiger charge is -2.18. The molecule has 2 aromatic rings. The Kier molecular flexibility index (Phi) is 2.87. The fraction of sp³-hybridized carbons (Fsp3) is 0.333. The molecule has 1 aromatic heterocycles. The van der Waals surface area contributed by atoms with Crippen LogP contribution >= 0.6 is 0 Å². The minimum atomic E-state index is -0.304. The van der Waals surface area contributed by atoms with E-state index in [1.165, 1.54) is 0 Å². The largest absolute Gasteiger partial charge is 0.366 e. The van der Waals surface area contributed by atoms with Crippen molar-refractivity contribution in [2.75, 3.05) is 5.32 Å². The maximum atomic E-state index is 12.2. The second-order valence-electron chi connectivity index (χ2n) is 5.46. The van der Waals surface area contributed by atoms with E-state index in [2.05, 4.69) is 10.4 Å². The molecule has 1 aliphatic rings. The second-order valence-corrected chi connectivity index (χ2v) is 5.46. The van der Waals surface area contributed by atoms with Gasteiger partial charge >= 0.3 is 0 Å². The van der Waals surface area contributed by atoms with Crippen LogP contribution in [-0.4, -0.2) is 15.7 Å². The molecule has 0 spiro atoms. The molecule has 3 rings (SSSR count). The lowest BCUT2D eigenvalue weighted by Crippen LogP contribution is -2.16. The summed E-state index contributed by atoms with van der Waals surface area (Å²) in [5.41, 5.74) is 3.06. The Balaban J connectivity index is 1.90. The van der Waals surface area contributed by atoms with Gasteiger partial charge in [0.1, 0.15) is 0 Å². The van der Waals surface area contributed by atoms with Crippen molar-refractivity contribution in [3.63, 3.8) is 0 Å². The van der Waals surface area contributed by atoms with Gasteiger partial charge in [-0.1, -0.05) is 12.1 Å². The Morgan fingerprint density at radius 1 is 1.40 bits per heavy atom. The van der Waals surface area contributed by atoms with Crippen molar-refractivity contribution < 1.29 is 9.53 Å². The van der Waals surface area contributed by atoms with Crippen LogP contribution in [0.4, 0.5) is 5.69 Å². The number of hydrogen-bond acceptors (Lipinski definition) is 3. The molecular weight excluding hydrogens is 254 g/mol. The highest BCUT2D eigenvalue weighted by molar-refractivity contribution is 6.03. The van der Waals surface area contributed by atoms with Crippen LogP contribution in [0, 0.1) is 0 Å². The summed E-state index contributed by atoms with van der Waals surface area (Å²) in [5, 5.41) is 7.02. The summed E-state index contributed by atoms with van der Waals surface area (Å²) in [7, 11) is 1.79. The van der Waals surface area contributed by atoms with Crippen LogP contribution in [0.25, 0.3) is 0 Å². The molecule has 5 nitrogen and oxygen atoms in total. The summed E-state index contributed by atoms with van der Waals surface area (Å²) in [6.07, 6.45) is 1.75. The first-order valence-corrected chi connectivity index (χ1v) is 6.55. The van der Waals surface area contributed by atoms with Crippen LogP contribution in [0.1, 0.15) is 35.5 Å². The summed E-state index contributed by atoms with van der Waals surface area (Å²) >= 11 is 0. The van der Waals surface area contributed by atoms with Crippen molar-refractivity contribution in [3.05, 3.63) is 47.3 Å². The lowest BCUT2D eigenvalue weighted by molar-refractivity contribution is -0.00780. The third-order valence-electron chi connectivity index (χ3n) is 3.60. The average molecular weight is 271 g/mol. The lowest BCUT2D eigenvalue weighted by atomic mass is 9.95. The van der Waals surface area contributed by atoms with E-state index in [0.29, 0.717) is 12.3 Å². The first-order chi connectivity index (χ1) is 9.47. The van der Waals surface area contributed by atoms with Crippen molar-refractivity contribution in [2.24, 2.45) is 7.05 Å². The number of carbonyl (C=O) groups excluding carboxylic acids is 1. The zero-order valence-electron chi connectivity index (χ0n) is 11.8. The number of fused-ring (bicyclic) bond motifs is 1. The summed E-state index contributed by atoms with van der Waals surface area (Å²) in [6, 6.07) is 7.56. The fourth-order valence-corrected chi connectivity index (χ4v) is 2.48. The number of aryl methyl sites for hydroxylation is 1. The average Bonchev–Trinajstić information content (AvgIpc) is 2.95. The van der Waals surface area contributed by atoms with Gasteiger partial charge in [-0.15, -0.1) is 0 Å². The molecule has 20 heavy (non-hydrogen) atoms. The Morgan fingerprint density at radius 3 is 2.90 bits per heavy atom. The van der Waals surface area contributed by atoms with Crippen LogP contribution in [0.5, 0.6) is 0 Å². The van der Waals surface area contributed by atoms with E-state index in [-0.39, 0.29) is 11.5 Å². The molecule has 1 amide bonds. The van der Waals surface area contributed by atoms with Crippen molar-refractivity contribution in [3.8, 4) is 0 Å². The number of anilines is 1. The molecule has 0 unspecified atom stereocenters. The summed E-state index contributed by atoms with van der Waals surface area (Å²) in [4.78, 5) is 12.2. The summed E-state index contributed by atoms with van der Waals surface area (Å²) in [6.45, 7) is 4.58. The molecule has 1 aromatic carbocycles. The molecule has 0 bridgehead atoms. The molecule has 2 heterocycles. The Hall–Kier alpha value is -2.14. The predicted octanol–water partition coefficient (Wildman–Crippen LogP) is 2.44. The van der Waals surface area contributed by atoms with Crippen LogP contribution in [-0.2, 0) is 24.0 Å². The Labute approximate surface area is 117 Å². The first-order valence-electron chi connectivity index (χ1n) is 6.55. The van der Waals surface area contributed by atoms with Gasteiger partial charge in [-0.25, -0.2) is 0 Å². The van der Waals surface area contributed by atoms with Gasteiger partial charge in [-0.05, 0) is 31.5 Å². The summed E-state index contributed by atoms with van der Waals surface area (Å²) < 4.78 is 7.38. The van der Waals surface area contributed by atoms with Crippen LogP contribution in [0.15, 0.2) is 30.5 Å². The van der Waals surface area contributed by atoms with Gasteiger partial charge < -0.3 is 10.1 Å². The first kappa shape index (κ1) is 12.9.